The molecule has 2 unspecified atom stereocenters. The lowest BCUT2D eigenvalue weighted by molar-refractivity contribution is -0.162. The van der Waals surface area contributed by atoms with Crippen LogP contribution in [0.25, 0.3) is 0 Å². The highest BCUT2D eigenvalue weighted by molar-refractivity contribution is 5.94. The third kappa shape index (κ3) is 6.34. The molecule has 1 rings (SSSR count). The molecular formula is C17H30O5. The van der Waals surface area contributed by atoms with E-state index in [2.05, 4.69) is 6.92 Å². The SMILES string of the molecule is CCOC(=O)C(CCOC1CCCC(CC)C1)C(=O)OCC. The minimum atomic E-state index is -0.870. The predicted molar refractivity (Wildman–Crippen MR) is 83.4 cm³/mol. The van der Waals surface area contributed by atoms with Gasteiger partial charge in [-0.25, -0.2) is 0 Å². The Morgan fingerprint density at radius 1 is 1.05 bits per heavy atom. The number of rotatable bonds is 9. The monoisotopic (exact) mass is 314 g/mol. The molecule has 0 aromatic rings. The lowest BCUT2D eigenvalue weighted by Gasteiger charge is -2.28. The van der Waals surface area contributed by atoms with E-state index in [1.54, 1.807) is 13.8 Å². The van der Waals surface area contributed by atoms with Crippen molar-refractivity contribution in [3.8, 4) is 0 Å². The van der Waals surface area contributed by atoms with Crippen LogP contribution in [0.5, 0.6) is 0 Å². The maximum absolute atomic E-state index is 11.9. The van der Waals surface area contributed by atoms with Crippen LogP contribution in [-0.2, 0) is 23.8 Å². The van der Waals surface area contributed by atoms with E-state index in [0.29, 0.717) is 13.0 Å². The largest absolute Gasteiger partial charge is 0.465 e. The molecule has 0 spiro atoms. The topological polar surface area (TPSA) is 61.8 Å². The molecule has 22 heavy (non-hydrogen) atoms. The summed E-state index contributed by atoms with van der Waals surface area (Å²) in [4.78, 5) is 23.7. The zero-order valence-corrected chi connectivity index (χ0v) is 14.1. The van der Waals surface area contributed by atoms with Crippen molar-refractivity contribution >= 4 is 11.9 Å². The highest BCUT2D eigenvalue weighted by Crippen LogP contribution is 2.28. The molecule has 1 fully saturated rings. The number of carbonyl (C=O) groups is 2. The van der Waals surface area contributed by atoms with Crippen LogP contribution in [-0.4, -0.2) is 37.9 Å². The maximum Gasteiger partial charge on any atom is 0.320 e. The average molecular weight is 314 g/mol. The number of hydrogen-bond acceptors (Lipinski definition) is 5. The van der Waals surface area contributed by atoms with E-state index < -0.39 is 17.9 Å². The Labute approximate surface area is 133 Å². The van der Waals surface area contributed by atoms with Crippen molar-refractivity contribution in [1.29, 1.82) is 0 Å². The standard InChI is InChI=1S/C17H30O5/c1-4-13-8-7-9-14(12-13)22-11-10-15(16(18)20-5-2)17(19)21-6-3/h13-15H,4-12H2,1-3H3. The van der Waals surface area contributed by atoms with Crippen molar-refractivity contribution in [2.24, 2.45) is 11.8 Å². The van der Waals surface area contributed by atoms with Crippen molar-refractivity contribution in [3.05, 3.63) is 0 Å². The third-order valence-corrected chi connectivity index (χ3v) is 4.21. The Morgan fingerprint density at radius 3 is 2.23 bits per heavy atom. The van der Waals surface area contributed by atoms with Crippen molar-refractivity contribution < 1.29 is 23.8 Å². The molecule has 1 saturated carbocycles. The van der Waals surface area contributed by atoms with Gasteiger partial charge in [0.1, 0.15) is 0 Å². The van der Waals surface area contributed by atoms with Crippen LogP contribution < -0.4 is 0 Å². The summed E-state index contributed by atoms with van der Waals surface area (Å²) in [6.45, 7) is 6.58. The molecule has 0 aromatic heterocycles. The molecule has 5 nitrogen and oxygen atoms in total. The fourth-order valence-corrected chi connectivity index (χ4v) is 2.93. The lowest BCUT2D eigenvalue weighted by Crippen LogP contribution is -2.30. The summed E-state index contributed by atoms with van der Waals surface area (Å²) in [7, 11) is 0. The van der Waals surface area contributed by atoms with Crippen LogP contribution in [0.2, 0.25) is 0 Å². The summed E-state index contributed by atoms with van der Waals surface area (Å²) >= 11 is 0. The number of carbonyl (C=O) groups excluding carboxylic acids is 2. The molecule has 1 aliphatic carbocycles. The number of esters is 2. The van der Waals surface area contributed by atoms with Crippen molar-refractivity contribution in [2.45, 2.75) is 65.4 Å². The number of hydrogen-bond donors (Lipinski definition) is 0. The molecule has 0 aromatic carbocycles. The Bertz CT molecular complexity index is 324. The second kappa shape index (κ2) is 10.6. The summed E-state index contributed by atoms with van der Waals surface area (Å²) in [6.07, 6.45) is 6.40. The van der Waals surface area contributed by atoms with E-state index in [1.807, 2.05) is 0 Å². The van der Waals surface area contributed by atoms with Gasteiger partial charge < -0.3 is 14.2 Å². The molecule has 0 aliphatic heterocycles. The van der Waals surface area contributed by atoms with E-state index in [9.17, 15) is 9.59 Å². The van der Waals surface area contributed by atoms with Gasteiger partial charge in [0.15, 0.2) is 5.92 Å². The van der Waals surface area contributed by atoms with Crippen molar-refractivity contribution in [1.82, 2.24) is 0 Å². The fourth-order valence-electron chi connectivity index (χ4n) is 2.93. The van der Waals surface area contributed by atoms with Gasteiger partial charge in [-0.05, 0) is 39.0 Å². The van der Waals surface area contributed by atoms with Crippen LogP contribution in [0.4, 0.5) is 0 Å². The van der Waals surface area contributed by atoms with Gasteiger partial charge in [-0.2, -0.15) is 0 Å². The van der Waals surface area contributed by atoms with E-state index in [4.69, 9.17) is 14.2 Å². The molecule has 0 bridgehead atoms. The van der Waals surface area contributed by atoms with Gasteiger partial charge in [-0.15, -0.1) is 0 Å². The molecular weight excluding hydrogens is 284 g/mol. The van der Waals surface area contributed by atoms with Crippen LogP contribution in [0.3, 0.4) is 0 Å². The summed E-state index contributed by atoms with van der Waals surface area (Å²) in [5, 5.41) is 0. The molecule has 0 heterocycles. The first kappa shape index (κ1) is 18.9. The third-order valence-electron chi connectivity index (χ3n) is 4.21. The Hall–Kier alpha value is -1.10. The Kier molecular flexibility index (Phi) is 9.13. The van der Waals surface area contributed by atoms with Crippen molar-refractivity contribution in [3.63, 3.8) is 0 Å². The van der Waals surface area contributed by atoms with Crippen LogP contribution in [0.1, 0.15) is 59.3 Å². The molecule has 1 aliphatic rings. The van der Waals surface area contributed by atoms with Crippen LogP contribution in [0, 0.1) is 11.8 Å². The van der Waals surface area contributed by atoms with Gasteiger partial charge >= 0.3 is 11.9 Å². The molecule has 0 saturated heterocycles. The van der Waals surface area contributed by atoms with Gasteiger partial charge in [0.05, 0.1) is 19.3 Å². The molecule has 128 valence electrons. The Balaban J connectivity index is 2.42. The zero-order valence-electron chi connectivity index (χ0n) is 14.1. The molecule has 0 N–H and O–H groups in total. The van der Waals surface area contributed by atoms with Gasteiger partial charge in [0.25, 0.3) is 0 Å². The van der Waals surface area contributed by atoms with Gasteiger partial charge in [0.2, 0.25) is 0 Å². The minimum absolute atomic E-state index is 0.253. The fraction of sp³-hybridized carbons (Fsp3) is 0.882. The summed E-state index contributed by atoms with van der Waals surface area (Å²) in [5.41, 5.74) is 0. The molecule has 5 heteroatoms. The smallest absolute Gasteiger partial charge is 0.320 e. The lowest BCUT2D eigenvalue weighted by atomic mass is 9.85. The first-order valence-electron chi connectivity index (χ1n) is 8.57. The average Bonchev–Trinajstić information content (AvgIpc) is 2.52. The van der Waals surface area contributed by atoms with E-state index in [-0.39, 0.29) is 19.3 Å². The van der Waals surface area contributed by atoms with Gasteiger partial charge in [-0.3, -0.25) is 9.59 Å². The van der Waals surface area contributed by atoms with Crippen molar-refractivity contribution in [2.75, 3.05) is 19.8 Å². The highest BCUT2D eigenvalue weighted by Gasteiger charge is 2.30. The molecule has 2 atom stereocenters. The summed E-state index contributed by atoms with van der Waals surface area (Å²) in [6, 6.07) is 0. The normalized spacial score (nSPS) is 21.6. The summed E-state index contributed by atoms with van der Waals surface area (Å²) in [5.74, 6) is -1.16. The second-order valence-corrected chi connectivity index (χ2v) is 5.78. The summed E-state index contributed by atoms with van der Waals surface area (Å²) < 4.78 is 15.8. The first-order chi connectivity index (χ1) is 10.6. The van der Waals surface area contributed by atoms with Gasteiger partial charge in [-0.1, -0.05) is 26.2 Å². The van der Waals surface area contributed by atoms with Gasteiger partial charge in [0, 0.05) is 6.61 Å². The minimum Gasteiger partial charge on any atom is -0.465 e. The van der Waals surface area contributed by atoms with E-state index in [1.165, 1.54) is 19.3 Å². The highest BCUT2D eigenvalue weighted by atomic mass is 16.6. The Morgan fingerprint density at radius 2 is 1.68 bits per heavy atom. The van der Waals surface area contributed by atoms with E-state index in [0.717, 1.165) is 18.8 Å². The van der Waals surface area contributed by atoms with E-state index >= 15 is 0 Å². The first-order valence-corrected chi connectivity index (χ1v) is 8.57. The quantitative estimate of drug-likeness (QED) is 0.483. The number of ether oxygens (including phenoxy) is 3. The maximum atomic E-state index is 11.9. The second-order valence-electron chi connectivity index (χ2n) is 5.78. The zero-order chi connectivity index (χ0) is 16.4. The molecule has 0 amide bonds. The molecule has 0 radical (unpaired) electrons. The predicted octanol–water partition coefficient (Wildman–Crippen LogP) is 3.10. The van der Waals surface area contributed by atoms with Crippen LogP contribution in [0.15, 0.2) is 0 Å². The van der Waals surface area contributed by atoms with Crippen LogP contribution >= 0.6 is 0 Å².